The Kier molecular flexibility index (Phi) is 4.06. The van der Waals surface area contributed by atoms with Crippen LogP contribution in [0.2, 0.25) is 0 Å². The molecule has 0 aliphatic carbocycles. The lowest BCUT2D eigenvalue weighted by Crippen LogP contribution is -2.22. The second-order valence-corrected chi connectivity index (χ2v) is 4.08. The van der Waals surface area contributed by atoms with Crippen LogP contribution in [0.3, 0.4) is 0 Å². The normalized spacial score (nSPS) is 12.2. The van der Waals surface area contributed by atoms with Crippen LogP contribution in [-0.2, 0) is 0 Å². The predicted octanol–water partition coefficient (Wildman–Crippen LogP) is 3.22. The summed E-state index contributed by atoms with van der Waals surface area (Å²) in [5.41, 5.74) is 6.30. The van der Waals surface area contributed by atoms with Gasteiger partial charge in [0.2, 0.25) is 0 Å². The van der Waals surface area contributed by atoms with Gasteiger partial charge in [0.25, 0.3) is 0 Å². The van der Waals surface area contributed by atoms with Gasteiger partial charge in [-0.25, -0.2) is 13.2 Å². The molecule has 0 fully saturated rings. The second kappa shape index (κ2) is 5.75. The van der Waals surface area contributed by atoms with Gasteiger partial charge in [0.15, 0.2) is 11.6 Å². The van der Waals surface area contributed by atoms with Crippen molar-refractivity contribution in [1.29, 1.82) is 0 Å². The smallest absolute Gasteiger partial charge is 0.164 e. The highest BCUT2D eigenvalue weighted by molar-refractivity contribution is 5.45. The van der Waals surface area contributed by atoms with E-state index in [0.29, 0.717) is 5.69 Å². The van der Waals surface area contributed by atoms with E-state index in [1.54, 1.807) is 0 Å². The monoisotopic (exact) mass is 266 g/mol. The van der Waals surface area contributed by atoms with Crippen LogP contribution in [0.25, 0.3) is 0 Å². The fourth-order valence-corrected chi connectivity index (χ4v) is 1.80. The average molecular weight is 266 g/mol. The van der Waals surface area contributed by atoms with Crippen LogP contribution in [0, 0.1) is 17.5 Å². The van der Waals surface area contributed by atoms with Gasteiger partial charge in [-0.2, -0.15) is 0 Å². The summed E-state index contributed by atoms with van der Waals surface area (Å²) in [6.07, 6.45) is 0. The average Bonchev–Trinajstić information content (AvgIpc) is 2.42. The van der Waals surface area contributed by atoms with E-state index in [-0.39, 0.29) is 17.9 Å². The van der Waals surface area contributed by atoms with Crippen LogP contribution >= 0.6 is 0 Å². The molecule has 0 aromatic heterocycles. The van der Waals surface area contributed by atoms with Gasteiger partial charge >= 0.3 is 0 Å². The molecule has 0 spiro atoms. The zero-order chi connectivity index (χ0) is 13.8. The van der Waals surface area contributed by atoms with E-state index in [4.69, 9.17) is 5.73 Å². The van der Waals surface area contributed by atoms with E-state index < -0.39 is 17.7 Å². The van der Waals surface area contributed by atoms with Crippen molar-refractivity contribution in [1.82, 2.24) is 0 Å². The first kappa shape index (κ1) is 13.4. The number of hydrogen-bond acceptors (Lipinski definition) is 2. The Balaban J connectivity index is 2.25. The molecule has 1 unspecified atom stereocenters. The summed E-state index contributed by atoms with van der Waals surface area (Å²) in [6, 6.07) is 8.92. The summed E-state index contributed by atoms with van der Waals surface area (Å²) in [7, 11) is 0. The van der Waals surface area contributed by atoms with Gasteiger partial charge in [-0.1, -0.05) is 12.1 Å². The Morgan fingerprint density at radius 1 is 1.00 bits per heavy atom. The summed E-state index contributed by atoms with van der Waals surface area (Å²) < 4.78 is 39.6. The molecule has 0 bridgehead atoms. The van der Waals surface area contributed by atoms with Crippen LogP contribution < -0.4 is 11.1 Å². The van der Waals surface area contributed by atoms with Gasteiger partial charge < -0.3 is 11.1 Å². The number of benzene rings is 2. The van der Waals surface area contributed by atoms with Gasteiger partial charge in [0, 0.05) is 17.8 Å². The molecule has 2 nitrogen and oxygen atoms in total. The quantitative estimate of drug-likeness (QED) is 0.891. The lowest BCUT2D eigenvalue weighted by atomic mass is 10.1. The molecule has 0 heterocycles. The molecule has 19 heavy (non-hydrogen) atoms. The minimum absolute atomic E-state index is 0.0811. The highest BCUT2D eigenvalue weighted by Gasteiger charge is 2.16. The van der Waals surface area contributed by atoms with Crippen LogP contribution in [0.1, 0.15) is 11.6 Å². The minimum Gasteiger partial charge on any atom is -0.377 e. The van der Waals surface area contributed by atoms with Crippen molar-refractivity contribution in [2.75, 3.05) is 11.9 Å². The van der Waals surface area contributed by atoms with Crippen LogP contribution in [-0.4, -0.2) is 6.54 Å². The van der Waals surface area contributed by atoms with E-state index in [9.17, 15) is 13.2 Å². The van der Waals surface area contributed by atoms with Crippen molar-refractivity contribution < 1.29 is 13.2 Å². The third kappa shape index (κ3) is 3.06. The largest absolute Gasteiger partial charge is 0.377 e. The van der Waals surface area contributed by atoms with Crippen molar-refractivity contribution in [3.63, 3.8) is 0 Å². The molecule has 100 valence electrons. The Hall–Kier alpha value is -2.01. The van der Waals surface area contributed by atoms with Crippen molar-refractivity contribution in [3.05, 3.63) is 65.5 Å². The third-order valence-corrected chi connectivity index (χ3v) is 2.78. The van der Waals surface area contributed by atoms with Crippen LogP contribution in [0.15, 0.2) is 42.5 Å². The summed E-state index contributed by atoms with van der Waals surface area (Å²) in [6.45, 7) is 0.0811. The number of hydrogen-bond donors (Lipinski definition) is 2. The Bertz CT molecular complexity index is 555. The predicted molar refractivity (Wildman–Crippen MR) is 68.2 cm³/mol. The van der Waals surface area contributed by atoms with E-state index in [0.717, 1.165) is 6.07 Å². The Labute approximate surface area is 109 Å². The first-order valence-corrected chi connectivity index (χ1v) is 5.78. The number of nitrogens with one attached hydrogen (secondary N) is 1. The summed E-state index contributed by atoms with van der Waals surface area (Å²) in [5.74, 6) is -2.21. The van der Waals surface area contributed by atoms with Gasteiger partial charge in [0.05, 0.1) is 6.04 Å². The molecule has 5 heteroatoms. The zero-order valence-corrected chi connectivity index (χ0v) is 10.0. The van der Waals surface area contributed by atoms with Gasteiger partial charge in [-0.3, -0.25) is 0 Å². The van der Waals surface area contributed by atoms with Crippen molar-refractivity contribution in [3.8, 4) is 0 Å². The molecule has 1 atom stereocenters. The number of rotatable bonds is 4. The second-order valence-electron chi connectivity index (χ2n) is 4.08. The molecule has 0 aliphatic heterocycles. The Morgan fingerprint density at radius 3 is 2.32 bits per heavy atom. The number of anilines is 1. The minimum atomic E-state index is -0.924. The maximum Gasteiger partial charge on any atom is 0.164 e. The van der Waals surface area contributed by atoms with Gasteiger partial charge in [0.1, 0.15) is 5.82 Å². The molecule has 0 radical (unpaired) electrons. The molecule has 0 amide bonds. The fraction of sp³-hybridized carbons (Fsp3) is 0.143. The third-order valence-electron chi connectivity index (χ3n) is 2.78. The van der Waals surface area contributed by atoms with Crippen molar-refractivity contribution in [2.45, 2.75) is 6.04 Å². The highest BCUT2D eigenvalue weighted by atomic mass is 19.2. The molecule has 0 saturated heterocycles. The van der Waals surface area contributed by atoms with Crippen molar-refractivity contribution in [2.24, 2.45) is 5.73 Å². The molecule has 0 saturated carbocycles. The molecular weight excluding hydrogens is 253 g/mol. The zero-order valence-electron chi connectivity index (χ0n) is 10.0. The lowest BCUT2D eigenvalue weighted by molar-refractivity contribution is 0.492. The fourth-order valence-electron chi connectivity index (χ4n) is 1.80. The molecular formula is C14H13F3N2. The van der Waals surface area contributed by atoms with E-state index in [1.165, 1.54) is 36.4 Å². The van der Waals surface area contributed by atoms with E-state index in [2.05, 4.69) is 5.32 Å². The molecule has 2 aromatic rings. The molecule has 0 aliphatic rings. The van der Waals surface area contributed by atoms with Gasteiger partial charge in [-0.15, -0.1) is 0 Å². The lowest BCUT2D eigenvalue weighted by Gasteiger charge is -2.19. The Morgan fingerprint density at radius 2 is 1.68 bits per heavy atom. The molecule has 2 aromatic carbocycles. The van der Waals surface area contributed by atoms with Crippen LogP contribution in [0.4, 0.5) is 18.9 Å². The van der Waals surface area contributed by atoms with E-state index in [1.807, 2.05) is 0 Å². The standard InChI is InChI=1S/C14H13F3N2/c15-9-4-6-10(7-5-9)19-13(8-18)11-2-1-3-12(16)14(11)17/h1-7,13,19H,8,18H2. The summed E-state index contributed by atoms with van der Waals surface area (Å²) >= 11 is 0. The number of nitrogens with two attached hydrogens (primary N) is 1. The maximum absolute atomic E-state index is 13.7. The first-order valence-electron chi connectivity index (χ1n) is 5.78. The summed E-state index contributed by atoms with van der Waals surface area (Å²) in [4.78, 5) is 0. The van der Waals surface area contributed by atoms with Gasteiger partial charge in [-0.05, 0) is 30.3 Å². The topological polar surface area (TPSA) is 38.0 Å². The SMILES string of the molecule is NCC(Nc1ccc(F)cc1)c1cccc(F)c1F. The summed E-state index contributed by atoms with van der Waals surface area (Å²) in [5, 5.41) is 2.94. The maximum atomic E-state index is 13.7. The van der Waals surface area contributed by atoms with E-state index >= 15 is 0 Å². The number of halogens is 3. The van der Waals surface area contributed by atoms with Crippen molar-refractivity contribution >= 4 is 5.69 Å². The molecule has 3 N–H and O–H groups in total. The van der Waals surface area contributed by atoms with Crippen LogP contribution in [0.5, 0.6) is 0 Å². The molecule has 2 rings (SSSR count). The first-order chi connectivity index (χ1) is 9.11. The highest BCUT2D eigenvalue weighted by Crippen LogP contribution is 2.23.